The van der Waals surface area contributed by atoms with Crippen molar-refractivity contribution in [2.45, 2.75) is 50.6 Å². The van der Waals surface area contributed by atoms with Crippen LogP contribution in [-0.4, -0.2) is 27.7 Å². The van der Waals surface area contributed by atoms with Gasteiger partial charge < -0.3 is 15.5 Å². The van der Waals surface area contributed by atoms with Gasteiger partial charge in [0, 0.05) is 6.54 Å². The molecule has 7 nitrogen and oxygen atoms in total. The molecule has 0 bridgehead atoms. The zero-order chi connectivity index (χ0) is 19.1. The summed E-state index contributed by atoms with van der Waals surface area (Å²) >= 11 is 0. The standard InChI is InChI=1S/C16H26NO6PS/c1-13(6-7-14-8-10-15(12-17)11-9-14)4-2-3-5-16(24(18,19)20)25(21,22)23/h4,8-11,16H,2-3,5-7,12,17H2,1H3,(H2,18,19,20)(H,21,22,23)/b13-4+. The van der Waals surface area contributed by atoms with Crippen LogP contribution >= 0.6 is 7.60 Å². The SMILES string of the molecule is C/C(=C\CCCC(P(=O)(O)O)S(=O)(=O)O)CCc1ccc(CN)cc1. The summed E-state index contributed by atoms with van der Waals surface area (Å²) in [6.45, 7) is 2.47. The van der Waals surface area contributed by atoms with Crippen molar-refractivity contribution in [3.8, 4) is 0 Å². The maximum Gasteiger partial charge on any atom is 0.346 e. The Balaban J connectivity index is 2.45. The first-order chi connectivity index (χ1) is 11.5. The van der Waals surface area contributed by atoms with Crippen molar-refractivity contribution < 1.29 is 27.3 Å². The minimum Gasteiger partial charge on any atom is -0.326 e. The molecule has 0 aliphatic rings. The van der Waals surface area contributed by atoms with Crippen LogP contribution in [0.3, 0.4) is 0 Å². The summed E-state index contributed by atoms with van der Waals surface area (Å²) in [5.74, 6) is 0. The molecule has 0 aliphatic heterocycles. The van der Waals surface area contributed by atoms with Gasteiger partial charge in [0.25, 0.3) is 10.1 Å². The van der Waals surface area contributed by atoms with E-state index in [2.05, 4.69) is 0 Å². The first kappa shape index (κ1) is 22.0. The molecule has 5 N–H and O–H groups in total. The monoisotopic (exact) mass is 391 g/mol. The maximum atomic E-state index is 11.1. The van der Waals surface area contributed by atoms with Gasteiger partial charge in [-0.2, -0.15) is 8.42 Å². The minimum absolute atomic E-state index is 0.262. The van der Waals surface area contributed by atoms with E-state index in [0.29, 0.717) is 13.0 Å². The molecule has 0 spiro atoms. The molecular weight excluding hydrogens is 365 g/mol. The van der Waals surface area contributed by atoms with Gasteiger partial charge in [-0.05, 0) is 50.2 Å². The third-order valence-electron chi connectivity index (χ3n) is 3.93. The lowest BCUT2D eigenvalue weighted by Crippen LogP contribution is -2.20. The molecule has 1 aromatic carbocycles. The Morgan fingerprint density at radius 2 is 1.80 bits per heavy atom. The van der Waals surface area contributed by atoms with E-state index < -0.39 is 22.7 Å². The Labute approximate surface area is 148 Å². The number of nitrogens with two attached hydrogens (primary N) is 1. The molecule has 1 aromatic rings. The van der Waals surface area contributed by atoms with Gasteiger partial charge in [-0.1, -0.05) is 35.9 Å². The summed E-state index contributed by atoms with van der Waals surface area (Å²) in [5, 5.41) is 0. The quantitative estimate of drug-likeness (QED) is 0.208. The van der Waals surface area contributed by atoms with Crippen molar-refractivity contribution >= 4 is 17.7 Å². The van der Waals surface area contributed by atoms with Gasteiger partial charge in [0.15, 0.2) is 4.99 Å². The van der Waals surface area contributed by atoms with Crippen LogP contribution in [0.25, 0.3) is 0 Å². The highest BCUT2D eigenvalue weighted by Gasteiger charge is 2.38. The average molecular weight is 391 g/mol. The number of unbranched alkanes of at least 4 members (excludes halogenated alkanes) is 1. The number of hydrogen-bond acceptors (Lipinski definition) is 4. The maximum absolute atomic E-state index is 11.1. The number of allylic oxidation sites excluding steroid dienone is 2. The lowest BCUT2D eigenvalue weighted by Gasteiger charge is -2.14. The van der Waals surface area contributed by atoms with Crippen molar-refractivity contribution in [3.63, 3.8) is 0 Å². The molecule has 0 fully saturated rings. The first-order valence-corrected chi connectivity index (χ1v) is 11.2. The lowest BCUT2D eigenvalue weighted by atomic mass is 10.0. The molecule has 1 rings (SSSR count). The highest BCUT2D eigenvalue weighted by atomic mass is 32.2. The minimum atomic E-state index is -4.89. The van der Waals surface area contributed by atoms with Gasteiger partial charge >= 0.3 is 7.60 Å². The molecule has 9 heteroatoms. The fourth-order valence-corrected chi connectivity index (χ4v) is 4.79. The highest BCUT2D eigenvalue weighted by Crippen LogP contribution is 2.46. The van der Waals surface area contributed by atoms with E-state index >= 15 is 0 Å². The zero-order valence-electron chi connectivity index (χ0n) is 14.2. The van der Waals surface area contributed by atoms with Crippen LogP contribution in [0.1, 0.15) is 43.7 Å². The lowest BCUT2D eigenvalue weighted by molar-refractivity contribution is 0.360. The van der Waals surface area contributed by atoms with E-state index in [-0.39, 0.29) is 12.8 Å². The average Bonchev–Trinajstić information content (AvgIpc) is 2.50. The third kappa shape index (κ3) is 8.27. The molecule has 0 radical (unpaired) electrons. The van der Waals surface area contributed by atoms with Gasteiger partial charge in [0.05, 0.1) is 0 Å². The summed E-state index contributed by atoms with van der Waals surface area (Å²) in [7, 11) is -9.66. The van der Waals surface area contributed by atoms with Gasteiger partial charge in [-0.25, -0.2) is 0 Å². The Morgan fingerprint density at radius 1 is 1.24 bits per heavy atom. The molecule has 0 amide bonds. The summed E-state index contributed by atoms with van der Waals surface area (Å²) in [6, 6.07) is 8.05. The van der Waals surface area contributed by atoms with E-state index in [9.17, 15) is 13.0 Å². The summed E-state index contributed by atoms with van der Waals surface area (Å²) in [5.41, 5.74) is 8.94. The smallest absolute Gasteiger partial charge is 0.326 e. The van der Waals surface area contributed by atoms with Crippen LogP contribution in [-0.2, 0) is 27.6 Å². The second-order valence-electron chi connectivity index (χ2n) is 6.06. The first-order valence-electron chi connectivity index (χ1n) is 7.99. The molecule has 1 atom stereocenters. The number of hydrogen-bond donors (Lipinski definition) is 4. The molecule has 0 heterocycles. The Morgan fingerprint density at radius 3 is 2.28 bits per heavy atom. The predicted molar refractivity (Wildman–Crippen MR) is 97.6 cm³/mol. The zero-order valence-corrected chi connectivity index (χ0v) is 15.9. The van der Waals surface area contributed by atoms with Crippen molar-refractivity contribution in [2.24, 2.45) is 5.73 Å². The van der Waals surface area contributed by atoms with Crippen molar-refractivity contribution in [3.05, 3.63) is 47.0 Å². The van der Waals surface area contributed by atoms with Crippen LogP contribution < -0.4 is 5.73 Å². The second kappa shape index (κ2) is 9.62. The molecule has 0 aromatic heterocycles. The van der Waals surface area contributed by atoms with Crippen LogP contribution in [0.5, 0.6) is 0 Å². The number of aryl methyl sites for hydroxylation is 1. The van der Waals surface area contributed by atoms with Crippen molar-refractivity contribution in [2.75, 3.05) is 0 Å². The van der Waals surface area contributed by atoms with E-state index in [1.165, 1.54) is 5.56 Å². The van der Waals surface area contributed by atoms with Crippen LogP contribution in [0, 0.1) is 0 Å². The fourth-order valence-electron chi connectivity index (χ4n) is 2.42. The van der Waals surface area contributed by atoms with E-state index in [0.717, 1.165) is 24.0 Å². The third-order valence-corrected chi connectivity index (χ3v) is 7.49. The molecule has 0 saturated carbocycles. The van der Waals surface area contributed by atoms with E-state index in [4.69, 9.17) is 20.1 Å². The molecule has 1 unspecified atom stereocenters. The molecular formula is C16H26NO6PS. The topological polar surface area (TPSA) is 138 Å². The van der Waals surface area contributed by atoms with Gasteiger partial charge in [0.2, 0.25) is 0 Å². The van der Waals surface area contributed by atoms with Gasteiger partial charge in [-0.3, -0.25) is 9.12 Å². The predicted octanol–water partition coefficient (Wildman–Crippen LogP) is 2.59. The molecule has 25 heavy (non-hydrogen) atoms. The Kier molecular flexibility index (Phi) is 8.47. The van der Waals surface area contributed by atoms with Gasteiger partial charge in [0.1, 0.15) is 0 Å². The molecule has 0 aliphatic carbocycles. The van der Waals surface area contributed by atoms with Crippen LogP contribution in [0.4, 0.5) is 0 Å². The van der Waals surface area contributed by atoms with E-state index in [1.807, 2.05) is 37.3 Å². The summed E-state index contributed by atoms with van der Waals surface area (Å²) < 4.78 is 42.2. The Bertz CT molecular complexity index is 723. The van der Waals surface area contributed by atoms with Crippen LogP contribution in [0.2, 0.25) is 0 Å². The summed E-state index contributed by atoms with van der Waals surface area (Å²) in [4.78, 5) is 16.0. The van der Waals surface area contributed by atoms with Crippen LogP contribution in [0.15, 0.2) is 35.9 Å². The van der Waals surface area contributed by atoms with Crippen molar-refractivity contribution in [1.82, 2.24) is 0 Å². The largest absolute Gasteiger partial charge is 0.346 e. The number of benzene rings is 1. The van der Waals surface area contributed by atoms with Gasteiger partial charge in [-0.15, -0.1) is 0 Å². The second-order valence-corrected chi connectivity index (χ2v) is 9.81. The fraction of sp³-hybridized carbons (Fsp3) is 0.500. The molecule has 142 valence electrons. The normalized spacial score (nSPS) is 14.5. The number of rotatable bonds is 10. The molecule has 0 saturated heterocycles. The van der Waals surface area contributed by atoms with E-state index in [1.54, 1.807) is 0 Å². The Hall–Kier alpha value is -1.02. The summed E-state index contributed by atoms with van der Waals surface area (Å²) in [6.07, 6.45) is 4.09. The van der Waals surface area contributed by atoms with Crippen molar-refractivity contribution in [1.29, 1.82) is 0 Å². The highest BCUT2D eigenvalue weighted by molar-refractivity contribution is 7.93.